The van der Waals surface area contributed by atoms with Crippen molar-refractivity contribution in [3.63, 3.8) is 0 Å². The van der Waals surface area contributed by atoms with Gasteiger partial charge in [-0.3, -0.25) is 4.79 Å². The quantitative estimate of drug-likeness (QED) is 0.508. The van der Waals surface area contributed by atoms with Gasteiger partial charge in [-0.1, -0.05) is 29.3 Å². The number of piperidine rings is 1. The van der Waals surface area contributed by atoms with Crippen molar-refractivity contribution in [1.29, 1.82) is 0 Å². The maximum atomic E-state index is 12.4. The molecule has 7 nitrogen and oxygen atoms in total. The van der Waals surface area contributed by atoms with Gasteiger partial charge in [0.05, 0.1) is 16.0 Å². The third kappa shape index (κ3) is 6.72. The Bertz CT molecular complexity index is 798. The molecule has 164 valence electrons. The van der Waals surface area contributed by atoms with Crippen LogP contribution in [0.1, 0.15) is 44.1 Å². The lowest BCUT2D eigenvalue weighted by atomic mass is 9.99. The number of carbonyl (C=O) groups is 3. The Labute approximate surface area is 185 Å². The summed E-state index contributed by atoms with van der Waals surface area (Å²) in [7, 11) is 2.18. The molecule has 9 heteroatoms. The lowest BCUT2D eigenvalue weighted by Crippen LogP contribution is -2.43. The molecule has 2 fully saturated rings. The minimum atomic E-state index is -1.26. The normalized spacial score (nSPS) is 24.1. The van der Waals surface area contributed by atoms with Crippen LogP contribution >= 0.6 is 23.2 Å². The summed E-state index contributed by atoms with van der Waals surface area (Å²) in [5.41, 5.74) is 0.843. The summed E-state index contributed by atoms with van der Waals surface area (Å²) in [6.45, 7) is 1.85. The minimum Gasteiger partial charge on any atom is -0.478 e. The molecule has 0 spiro atoms. The van der Waals surface area contributed by atoms with Crippen LogP contribution in [-0.4, -0.2) is 58.3 Å². The highest BCUT2D eigenvalue weighted by Gasteiger charge is 2.40. The predicted molar refractivity (Wildman–Crippen MR) is 113 cm³/mol. The number of fused-ring (bicyclic) bond motifs is 2. The van der Waals surface area contributed by atoms with E-state index in [1.807, 2.05) is 13.0 Å². The highest BCUT2D eigenvalue weighted by molar-refractivity contribution is 6.42. The van der Waals surface area contributed by atoms with Gasteiger partial charge in [-0.05, 0) is 57.4 Å². The summed E-state index contributed by atoms with van der Waals surface area (Å²) in [6.07, 6.45) is 5.51. The van der Waals surface area contributed by atoms with Crippen LogP contribution in [0.2, 0.25) is 10.0 Å². The molecule has 2 aliphatic rings. The molecule has 0 aromatic heterocycles. The molecule has 0 amide bonds. The van der Waals surface area contributed by atoms with Crippen molar-refractivity contribution in [1.82, 2.24) is 4.90 Å². The topological polar surface area (TPSA) is 104 Å². The van der Waals surface area contributed by atoms with Crippen LogP contribution in [0, 0.1) is 0 Å². The van der Waals surface area contributed by atoms with Gasteiger partial charge < -0.3 is 19.8 Å². The van der Waals surface area contributed by atoms with Gasteiger partial charge in [-0.2, -0.15) is 0 Å². The molecule has 2 bridgehead atoms. The summed E-state index contributed by atoms with van der Waals surface area (Å²) < 4.78 is 5.77. The van der Waals surface area contributed by atoms with Crippen LogP contribution in [0.3, 0.4) is 0 Å². The zero-order chi connectivity index (χ0) is 22.4. The van der Waals surface area contributed by atoms with Crippen LogP contribution in [0.15, 0.2) is 30.4 Å². The highest BCUT2D eigenvalue weighted by Crippen LogP contribution is 2.36. The second kappa shape index (κ2) is 10.8. The average Bonchev–Trinajstić information content (AvgIpc) is 2.89. The Morgan fingerprint density at radius 2 is 1.60 bits per heavy atom. The van der Waals surface area contributed by atoms with Gasteiger partial charge in [-0.15, -0.1) is 0 Å². The fourth-order valence-electron chi connectivity index (χ4n) is 3.78. The number of carboxylic acids is 2. The Morgan fingerprint density at radius 3 is 2.07 bits per heavy atom. The summed E-state index contributed by atoms with van der Waals surface area (Å²) in [5, 5.41) is 16.6. The Hall–Kier alpha value is -2.09. The van der Waals surface area contributed by atoms with Crippen molar-refractivity contribution < 1.29 is 29.3 Å². The minimum absolute atomic E-state index is 0.0476. The number of ether oxygens (including phenoxy) is 1. The van der Waals surface area contributed by atoms with Crippen molar-refractivity contribution in [3.05, 3.63) is 46.0 Å². The maximum Gasteiger partial charge on any atom is 0.328 e. The molecular weight excluding hydrogens is 433 g/mol. The molecule has 1 aromatic carbocycles. The van der Waals surface area contributed by atoms with Gasteiger partial charge in [-0.25, -0.2) is 9.59 Å². The molecule has 2 N–H and O–H groups in total. The Morgan fingerprint density at radius 1 is 1.07 bits per heavy atom. The van der Waals surface area contributed by atoms with E-state index in [2.05, 4.69) is 11.9 Å². The number of halogens is 2. The summed E-state index contributed by atoms with van der Waals surface area (Å²) >= 11 is 11.9. The Balaban J connectivity index is 0.000000343. The summed E-state index contributed by atoms with van der Waals surface area (Å²) in [4.78, 5) is 34.0. The molecule has 2 aliphatic heterocycles. The number of benzene rings is 1. The van der Waals surface area contributed by atoms with Gasteiger partial charge in [0, 0.05) is 24.2 Å². The van der Waals surface area contributed by atoms with Crippen molar-refractivity contribution in [2.45, 2.75) is 56.7 Å². The lowest BCUT2D eigenvalue weighted by Gasteiger charge is -2.36. The van der Waals surface area contributed by atoms with E-state index < -0.39 is 11.9 Å². The highest BCUT2D eigenvalue weighted by atomic mass is 35.5. The molecule has 1 aromatic rings. The average molecular weight is 458 g/mol. The van der Waals surface area contributed by atoms with Gasteiger partial charge >= 0.3 is 17.9 Å². The number of rotatable bonds is 5. The monoisotopic (exact) mass is 457 g/mol. The van der Waals surface area contributed by atoms with E-state index in [0.717, 1.165) is 18.4 Å². The first-order valence-electron chi connectivity index (χ1n) is 9.59. The standard InChI is InChI=1S/C17H21Cl2NO2.C4H4O4/c1-10(11-3-6-15(18)16(19)7-11)17(21)22-14-8-12-4-5-13(9-14)20(12)2;5-3(6)1-2-4(7)8/h3,6-7,10,12-14H,4-5,8-9H2,1-2H3;1-2H,(H,5,6)(H,7,8)/b;2-1-. The molecule has 2 heterocycles. The second-order valence-corrected chi connectivity index (χ2v) is 8.30. The van der Waals surface area contributed by atoms with Crippen LogP contribution in [0.25, 0.3) is 0 Å². The van der Waals surface area contributed by atoms with Crippen molar-refractivity contribution in [3.8, 4) is 0 Å². The molecule has 0 saturated carbocycles. The number of nitrogens with zero attached hydrogens (tertiary/aromatic N) is 1. The molecule has 3 unspecified atom stereocenters. The third-order valence-electron chi connectivity index (χ3n) is 5.50. The molecule has 2 saturated heterocycles. The third-order valence-corrected chi connectivity index (χ3v) is 6.24. The second-order valence-electron chi connectivity index (χ2n) is 7.49. The SMILES string of the molecule is CC(C(=O)OC1CC2CCC(C1)N2C)c1ccc(Cl)c(Cl)c1.O=C(O)/C=C\C(=O)O. The van der Waals surface area contributed by atoms with Crippen molar-refractivity contribution in [2.24, 2.45) is 0 Å². The first-order chi connectivity index (χ1) is 14.1. The van der Waals surface area contributed by atoms with Crippen molar-refractivity contribution in [2.75, 3.05) is 7.05 Å². The molecule has 3 atom stereocenters. The van der Waals surface area contributed by atoms with E-state index in [1.54, 1.807) is 12.1 Å². The fourth-order valence-corrected chi connectivity index (χ4v) is 4.09. The van der Waals surface area contributed by atoms with E-state index >= 15 is 0 Å². The van der Waals surface area contributed by atoms with E-state index in [1.165, 1.54) is 12.8 Å². The van der Waals surface area contributed by atoms with Gasteiger partial charge in [0.1, 0.15) is 6.10 Å². The largest absolute Gasteiger partial charge is 0.478 e. The fraction of sp³-hybridized carbons (Fsp3) is 0.476. The number of aliphatic carboxylic acids is 2. The zero-order valence-electron chi connectivity index (χ0n) is 16.8. The maximum absolute atomic E-state index is 12.4. The lowest BCUT2D eigenvalue weighted by molar-refractivity contribution is -0.153. The number of carboxylic acid groups (broad SMARTS) is 2. The van der Waals surface area contributed by atoms with Crippen LogP contribution in [-0.2, 0) is 19.1 Å². The summed E-state index contributed by atoms with van der Waals surface area (Å²) in [6, 6.07) is 6.43. The van der Waals surface area contributed by atoms with Crippen molar-refractivity contribution >= 4 is 41.1 Å². The first-order valence-corrected chi connectivity index (χ1v) is 10.3. The van der Waals surface area contributed by atoms with E-state index in [0.29, 0.717) is 34.3 Å². The van der Waals surface area contributed by atoms with Gasteiger partial charge in [0.15, 0.2) is 0 Å². The number of hydrogen-bond donors (Lipinski definition) is 2. The Kier molecular flexibility index (Phi) is 8.70. The van der Waals surface area contributed by atoms with Crippen LogP contribution in [0.4, 0.5) is 0 Å². The van der Waals surface area contributed by atoms with Crippen LogP contribution < -0.4 is 0 Å². The molecular formula is C21H25Cl2NO6. The van der Waals surface area contributed by atoms with E-state index in [-0.39, 0.29) is 18.0 Å². The predicted octanol–water partition coefficient (Wildman–Crippen LogP) is 3.98. The van der Waals surface area contributed by atoms with Gasteiger partial charge in [0.25, 0.3) is 0 Å². The first kappa shape index (κ1) is 24.2. The number of esters is 1. The molecule has 0 radical (unpaired) electrons. The molecule has 30 heavy (non-hydrogen) atoms. The van der Waals surface area contributed by atoms with E-state index in [4.69, 9.17) is 38.2 Å². The zero-order valence-corrected chi connectivity index (χ0v) is 18.3. The molecule has 3 rings (SSSR count). The molecule has 0 aliphatic carbocycles. The summed E-state index contributed by atoms with van der Waals surface area (Å²) in [5.74, 6) is -3.01. The smallest absolute Gasteiger partial charge is 0.328 e. The van der Waals surface area contributed by atoms with Gasteiger partial charge in [0.2, 0.25) is 0 Å². The van der Waals surface area contributed by atoms with E-state index in [9.17, 15) is 14.4 Å². The number of hydrogen-bond acceptors (Lipinski definition) is 5. The number of carbonyl (C=O) groups excluding carboxylic acids is 1. The van der Waals surface area contributed by atoms with Crippen LogP contribution in [0.5, 0.6) is 0 Å².